The summed E-state index contributed by atoms with van der Waals surface area (Å²) in [6, 6.07) is 1.21. The average molecular weight is 414 g/mol. The van der Waals surface area contributed by atoms with Gasteiger partial charge in [0.05, 0.1) is 12.7 Å². The van der Waals surface area contributed by atoms with Crippen LogP contribution in [0.4, 0.5) is 0 Å². The topological polar surface area (TPSA) is 155 Å². The molecule has 3 unspecified atom stereocenters. The molecule has 14 heteroatoms. The fourth-order valence-corrected chi connectivity index (χ4v) is 4.57. The fourth-order valence-electron chi connectivity index (χ4n) is 2.35. The molecular formula is C12H20N2O10P2. The molecule has 0 aliphatic carbocycles. The Labute approximate surface area is 148 Å². The summed E-state index contributed by atoms with van der Waals surface area (Å²) < 4.78 is 48.3. The van der Waals surface area contributed by atoms with Crippen molar-refractivity contribution in [2.75, 3.05) is 20.8 Å². The van der Waals surface area contributed by atoms with Crippen molar-refractivity contribution in [2.24, 2.45) is 0 Å². The minimum Gasteiger partial charge on any atom is -0.355 e. The average Bonchev–Trinajstić information content (AvgIpc) is 3.02. The van der Waals surface area contributed by atoms with Gasteiger partial charge in [-0.3, -0.25) is 27.9 Å². The van der Waals surface area contributed by atoms with E-state index in [1.54, 1.807) is 0 Å². The Morgan fingerprint density at radius 3 is 2.62 bits per heavy atom. The van der Waals surface area contributed by atoms with Crippen LogP contribution >= 0.6 is 15.6 Å². The Morgan fingerprint density at radius 1 is 1.31 bits per heavy atom. The van der Waals surface area contributed by atoms with Crippen LogP contribution in [-0.4, -0.2) is 41.4 Å². The number of nitrogens with zero attached hydrogens (tertiary/aromatic N) is 1. The van der Waals surface area contributed by atoms with Gasteiger partial charge in [-0.15, -0.1) is 0 Å². The van der Waals surface area contributed by atoms with Crippen LogP contribution in [0.15, 0.2) is 21.9 Å². The molecule has 12 nitrogen and oxygen atoms in total. The zero-order valence-corrected chi connectivity index (χ0v) is 15.9. The first-order valence-electron chi connectivity index (χ1n) is 7.55. The molecule has 2 rings (SSSR count). The molecule has 148 valence electrons. The highest BCUT2D eigenvalue weighted by Gasteiger charge is 2.37. The summed E-state index contributed by atoms with van der Waals surface area (Å²) in [5.74, 6) is 0. The Morgan fingerprint density at radius 2 is 2.00 bits per heavy atom. The number of aromatic amines is 1. The number of rotatable bonds is 9. The van der Waals surface area contributed by atoms with Crippen LogP contribution in [0.3, 0.4) is 0 Å². The molecule has 1 aliphatic rings. The van der Waals surface area contributed by atoms with Gasteiger partial charge < -0.3 is 9.63 Å². The van der Waals surface area contributed by atoms with Crippen LogP contribution in [0, 0.1) is 0 Å². The lowest BCUT2D eigenvalue weighted by molar-refractivity contribution is -0.0102. The summed E-state index contributed by atoms with van der Waals surface area (Å²) in [6.45, 7) is -0.223. The number of phosphoric ester groups is 2. The number of H-pyrrole nitrogens is 1. The normalized spacial score (nSPS) is 23.0. The molecule has 3 atom stereocenters. The maximum atomic E-state index is 11.7. The standard InChI is InChI=1S/C12H20N2O10P2/c1-20-26(19,21-2)24-25(17,18)22-8-6-9-3-4-11(23-9)14-7-5-10(15)13-12(14)16/h5,7,9,11H,3-4,6,8H2,1-2H3,(H,17,18)(H,13,15,16). The number of hydrogen-bond donors (Lipinski definition) is 2. The highest BCUT2D eigenvalue weighted by molar-refractivity contribution is 7.61. The molecule has 0 aromatic carbocycles. The van der Waals surface area contributed by atoms with Crippen molar-refractivity contribution in [1.82, 2.24) is 9.55 Å². The fraction of sp³-hybridized carbons (Fsp3) is 0.667. The van der Waals surface area contributed by atoms with Gasteiger partial charge in [0.15, 0.2) is 0 Å². The second-order valence-electron chi connectivity index (χ2n) is 5.29. The van der Waals surface area contributed by atoms with Crippen molar-refractivity contribution >= 4 is 15.6 Å². The van der Waals surface area contributed by atoms with Crippen LogP contribution in [-0.2, 0) is 31.7 Å². The summed E-state index contributed by atoms with van der Waals surface area (Å²) in [4.78, 5) is 34.5. The van der Waals surface area contributed by atoms with Crippen LogP contribution in [0.5, 0.6) is 0 Å². The number of hydrogen-bond acceptors (Lipinski definition) is 9. The predicted octanol–water partition coefficient (Wildman–Crippen LogP) is 1.14. The van der Waals surface area contributed by atoms with Gasteiger partial charge in [0.1, 0.15) is 6.23 Å². The van der Waals surface area contributed by atoms with Crippen molar-refractivity contribution in [2.45, 2.75) is 31.6 Å². The molecule has 0 amide bonds. The zero-order chi connectivity index (χ0) is 19.4. The smallest absolute Gasteiger partial charge is 0.355 e. The minimum atomic E-state index is -4.65. The lowest BCUT2D eigenvalue weighted by atomic mass is 10.2. The molecule has 1 aliphatic heterocycles. The first-order chi connectivity index (χ1) is 12.2. The molecule has 0 spiro atoms. The van der Waals surface area contributed by atoms with Crippen LogP contribution < -0.4 is 11.2 Å². The third-order valence-electron chi connectivity index (χ3n) is 3.59. The first kappa shape index (κ1) is 21.2. The maximum Gasteiger partial charge on any atom is 0.483 e. The van der Waals surface area contributed by atoms with Gasteiger partial charge in [0.25, 0.3) is 5.56 Å². The van der Waals surface area contributed by atoms with Gasteiger partial charge >= 0.3 is 21.3 Å². The van der Waals surface area contributed by atoms with E-state index in [0.717, 1.165) is 14.2 Å². The summed E-state index contributed by atoms with van der Waals surface area (Å²) in [7, 11) is -6.83. The lowest BCUT2D eigenvalue weighted by Crippen LogP contribution is -2.31. The summed E-state index contributed by atoms with van der Waals surface area (Å²) >= 11 is 0. The molecule has 2 N–H and O–H groups in total. The predicted molar refractivity (Wildman–Crippen MR) is 87.6 cm³/mol. The maximum absolute atomic E-state index is 11.7. The van der Waals surface area contributed by atoms with Crippen molar-refractivity contribution in [1.29, 1.82) is 0 Å². The molecule has 0 bridgehead atoms. The Kier molecular flexibility index (Phi) is 7.12. The van der Waals surface area contributed by atoms with Crippen LogP contribution in [0.2, 0.25) is 0 Å². The second kappa shape index (κ2) is 8.73. The van der Waals surface area contributed by atoms with Crippen molar-refractivity contribution < 1.29 is 36.6 Å². The quantitative estimate of drug-likeness (QED) is 0.562. The number of ether oxygens (including phenoxy) is 1. The molecule has 0 saturated carbocycles. The largest absolute Gasteiger partial charge is 0.483 e. The molecule has 1 saturated heterocycles. The third-order valence-corrected chi connectivity index (χ3v) is 6.62. The van der Waals surface area contributed by atoms with Gasteiger partial charge in [0, 0.05) is 26.5 Å². The van der Waals surface area contributed by atoms with Crippen molar-refractivity contribution in [3.05, 3.63) is 33.1 Å². The first-order valence-corrected chi connectivity index (χ1v) is 10.5. The SMILES string of the molecule is COP(=O)(OC)OP(=O)(O)OCCC1CCC(n2ccc(=O)[nH]c2=O)O1. The van der Waals surface area contributed by atoms with Crippen molar-refractivity contribution in [3.63, 3.8) is 0 Å². The van der Waals surface area contributed by atoms with E-state index in [4.69, 9.17) is 9.26 Å². The highest BCUT2D eigenvalue weighted by Crippen LogP contribution is 2.62. The van der Waals surface area contributed by atoms with Gasteiger partial charge in [0.2, 0.25) is 0 Å². The number of aromatic nitrogens is 2. The second-order valence-corrected chi connectivity index (χ2v) is 8.77. The van der Waals surface area contributed by atoms with E-state index in [1.165, 1.54) is 16.8 Å². The molecular weight excluding hydrogens is 394 g/mol. The van der Waals surface area contributed by atoms with Gasteiger partial charge in [-0.1, -0.05) is 0 Å². The molecule has 1 aromatic heterocycles. The van der Waals surface area contributed by atoms with E-state index in [-0.39, 0.29) is 19.1 Å². The molecule has 2 heterocycles. The summed E-state index contributed by atoms with van der Waals surface area (Å²) in [6.07, 6.45) is 1.77. The summed E-state index contributed by atoms with van der Waals surface area (Å²) in [5.41, 5.74) is -1.08. The number of nitrogens with one attached hydrogen (secondary N) is 1. The Hall–Kier alpha value is -1.10. The monoisotopic (exact) mass is 414 g/mol. The molecule has 0 radical (unpaired) electrons. The summed E-state index contributed by atoms with van der Waals surface area (Å²) in [5, 5.41) is 0. The third kappa shape index (κ3) is 5.70. The van der Waals surface area contributed by atoms with Gasteiger partial charge in [-0.25, -0.2) is 13.9 Å². The van der Waals surface area contributed by atoms with E-state index >= 15 is 0 Å². The zero-order valence-electron chi connectivity index (χ0n) is 14.1. The van der Waals surface area contributed by atoms with E-state index in [0.29, 0.717) is 12.8 Å². The van der Waals surface area contributed by atoms with Gasteiger partial charge in [-0.2, -0.15) is 4.31 Å². The van der Waals surface area contributed by atoms with Crippen LogP contribution in [0.1, 0.15) is 25.5 Å². The van der Waals surface area contributed by atoms with E-state index < -0.39 is 33.1 Å². The molecule has 26 heavy (non-hydrogen) atoms. The van der Waals surface area contributed by atoms with E-state index in [9.17, 15) is 23.6 Å². The van der Waals surface area contributed by atoms with E-state index in [1.807, 2.05) is 0 Å². The minimum absolute atomic E-state index is 0.223. The van der Waals surface area contributed by atoms with E-state index in [2.05, 4.69) is 18.3 Å². The molecule has 1 aromatic rings. The highest BCUT2D eigenvalue weighted by atomic mass is 31.3. The van der Waals surface area contributed by atoms with Crippen molar-refractivity contribution in [3.8, 4) is 0 Å². The van der Waals surface area contributed by atoms with Gasteiger partial charge in [-0.05, 0) is 19.3 Å². The number of phosphoric acid groups is 2. The Bertz CT molecular complexity index is 813. The Balaban J connectivity index is 1.84. The van der Waals surface area contributed by atoms with Crippen LogP contribution in [0.25, 0.3) is 0 Å². The molecule has 1 fully saturated rings. The lowest BCUT2D eigenvalue weighted by Gasteiger charge is -2.18.